The van der Waals surface area contributed by atoms with Crippen LogP contribution in [0.3, 0.4) is 0 Å². The van der Waals surface area contributed by atoms with E-state index >= 15 is 0 Å². The van der Waals surface area contributed by atoms with Crippen molar-refractivity contribution >= 4 is 11.6 Å². The number of nitrogens with zero attached hydrogens (tertiary/aromatic N) is 3. The van der Waals surface area contributed by atoms with Crippen molar-refractivity contribution in [2.24, 2.45) is 0 Å². The molecular formula is C23H26N4. The summed E-state index contributed by atoms with van der Waals surface area (Å²) in [7, 11) is 0. The maximum Gasteiger partial charge on any atom is 0.134 e. The van der Waals surface area contributed by atoms with Gasteiger partial charge in [0.15, 0.2) is 0 Å². The Hall–Kier alpha value is -2.88. The highest BCUT2D eigenvalue weighted by atomic mass is 15.2. The molecule has 27 heavy (non-hydrogen) atoms. The number of aromatic nitrogens is 2. The molecule has 2 aromatic carbocycles. The van der Waals surface area contributed by atoms with Gasteiger partial charge in [0.25, 0.3) is 0 Å². The molecule has 0 amide bonds. The standard InChI is InChI=1S/C23H26N4/c1-17-25-21(24-14-18-9-5-4-6-10-18)13-22(26-17)27-15-19-11-7-8-12-20(19)23(2,3)16-27/h4-13H,14-16H2,1-3H3,(H,24,25,26). The number of nitrogens with one attached hydrogen (secondary N) is 1. The van der Waals surface area contributed by atoms with Crippen molar-refractivity contribution in [1.29, 1.82) is 0 Å². The van der Waals surface area contributed by atoms with Gasteiger partial charge in [-0.1, -0.05) is 68.4 Å². The summed E-state index contributed by atoms with van der Waals surface area (Å²) in [6, 6.07) is 21.2. The van der Waals surface area contributed by atoms with Gasteiger partial charge in [-0.05, 0) is 23.6 Å². The van der Waals surface area contributed by atoms with Gasteiger partial charge in [-0.2, -0.15) is 0 Å². The third-order valence-corrected chi connectivity index (χ3v) is 5.16. The molecule has 1 aliphatic heterocycles. The number of hydrogen-bond acceptors (Lipinski definition) is 4. The van der Waals surface area contributed by atoms with E-state index < -0.39 is 0 Å². The predicted molar refractivity (Wildman–Crippen MR) is 111 cm³/mol. The number of rotatable bonds is 4. The van der Waals surface area contributed by atoms with Crippen molar-refractivity contribution in [3.05, 3.63) is 83.2 Å². The van der Waals surface area contributed by atoms with Crippen molar-refractivity contribution in [3.8, 4) is 0 Å². The topological polar surface area (TPSA) is 41.1 Å². The SMILES string of the molecule is Cc1nc(NCc2ccccc2)cc(N2Cc3ccccc3C(C)(C)C2)n1. The van der Waals surface area contributed by atoms with E-state index in [1.165, 1.54) is 16.7 Å². The summed E-state index contributed by atoms with van der Waals surface area (Å²) in [4.78, 5) is 11.7. The first kappa shape index (κ1) is 17.5. The van der Waals surface area contributed by atoms with E-state index in [2.05, 4.69) is 83.6 Å². The summed E-state index contributed by atoms with van der Waals surface area (Å²) in [5.41, 5.74) is 4.15. The Morgan fingerprint density at radius 1 is 1.00 bits per heavy atom. The molecule has 4 nitrogen and oxygen atoms in total. The molecule has 0 bridgehead atoms. The lowest BCUT2D eigenvalue weighted by atomic mass is 9.78. The summed E-state index contributed by atoms with van der Waals surface area (Å²) < 4.78 is 0. The minimum absolute atomic E-state index is 0.0886. The molecule has 0 saturated heterocycles. The van der Waals surface area contributed by atoms with Crippen molar-refractivity contribution in [3.63, 3.8) is 0 Å². The Morgan fingerprint density at radius 2 is 1.74 bits per heavy atom. The van der Waals surface area contributed by atoms with E-state index in [4.69, 9.17) is 4.98 Å². The average Bonchev–Trinajstić information content (AvgIpc) is 2.66. The molecule has 1 aliphatic rings. The van der Waals surface area contributed by atoms with Crippen LogP contribution in [-0.4, -0.2) is 16.5 Å². The molecule has 0 aliphatic carbocycles. The van der Waals surface area contributed by atoms with E-state index in [1.807, 2.05) is 13.0 Å². The predicted octanol–water partition coefficient (Wildman–Crippen LogP) is 4.69. The zero-order valence-corrected chi connectivity index (χ0v) is 16.2. The second-order valence-electron chi connectivity index (χ2n) is 7.89. The number of benzene rings is 2. The van der Waals surface area contributed by atoms with Gasteiger partial charge in [-0.3, -0.25) is 0 Å². The molecule has 0 fully saturated rings. The number of aryl methyl sites for hydroxylation is 1. The number of hydrogen-bond donors (Lipinski definition) is 1. The molecule has 138 valence electrons. The molecule has 4 rings (SSSR count). The Morgan fingerprint density at radius 3 is 2.56 bits per heavy atom. The van der Waals surface area contributed by atoms with Crippen molar-refractivity contribution in [2.45, 2.75) is 39.3 Å². The largest absolute Gasteiger partial charge is 0.366 e. The highest BCUT2D eigenvalue weighted by molar-refractivity contribution is 5.53. The average molecular weight is 358 g/mol. The smallest absolute Gasteiger partial charge is 0.134 e. The van der Waals surface area contributed by atoms with Gasteiger partial charge in [0.2, 0.25) is 0 Å². The van der Waals surface area contributed by atoms with Crippen LogP contribution in [0.4, 0.5) is 11.6 Å². The molecule has 0 radical (unpaired) electrons. The monoisotopic (exact) mass is 358 g/mol. The van der Waals surface area contributed by atoms with Crippen molar-refractivity contribution in [1.82, 2.24) is 9.97 Å². The molecule has 0 spiro atoms. The van der Waals surface area contributed by atoms with Crippen LogP contribution in [0.1, 0.15) is 36.4 Å². The van der Waals surface area contributed by atoms with E-state index in [1.54, 1.807) is 0 Å². The quantitative estimate of drug-likeness (QED) is 0.734. The second-order valence-corrected chi connectivity index (χ2v) is 7.89. The minimum Gasteiger partial charge on any atom is -0.366 e. The molecule has 4 heteroatoms. The molecule has 3 aromatic rings. The highest BCUT2D eigenvalue weighted by Crippen LogP contribution is 2.35. The van der Waals surface area contributed by atoms with Crippen LogP contribution >= 0.6 is 0 Å². The number of anilines is 2. The fourth-order valence-corrected chi connectivity index (χ4v) is 3.90. The van der Waals surface area contributed by atoms with Gasteiger partial charge in [0.1, 0.15) is 17.5 Å². The number of fused-ring (bicyclic) bond motifs is 1. The summed E-state index contributed by atoms with van der Waals surface area (Å²) in [6.45, 7) is 9.15. The molecule has 0 unspecified atom stereocenters. The van der Waals surface area contributed by atoms with Crippen molar-refractivity contribution in [2.75, 3.05) is 16.8 Å². The molecule has 1 N–H and O–H groups in total. The first-order valence-electron chi connectivity index (χ1n) is 9.48. The van der Waals surface area contributed by atoms with E-state index in [9.17, 15) is 0 Å². The maximum absolute atomic E-state index is 4.73. The lowest BCUT2D eigenvalue weighted by molar-refractivity contribution is 0.474. The van der Waals surface area contributed by atoms with Gasteiger partial charge in [0, 0.05) is 31.1 Å². The normalized spacial score (nSPS) is 15.3. The van der Waals surface area contributed by atoms with Gasteiger partial charge < -0.3 is 10.2 Å². The summed E-state index contributed by atoms with van der Waals surface area (Å²) in [5, 5.41) is 3.44. The third kappa shape index (κ3) is 3.80. The van der Waals surface area contributed by atoms with E-state index in [-0.39, 0.29) is 5.41 Å². The second kappa shape index (κ2) is 7.03. The van der Waals surface area contributed by atoms with Crippen LogP contribution in [0.25, 0.3) is 0 Å². The molecule has 0 atom stereocenters. The van der Waals surface area contributed by atoms with Crippen LogP contribution in [0.15, 0.2) is 60.7 Å². The Bertz CT molecular complexity index is 934. The Labute approximate surface area is 161 Å². The Balaban J connectivity index is 1.58. The molecule has 1 aromatic heterocycles. The minimum atomic E-state index is 0.0886. The van der Waals surface area contributed by atoms with Crippen molar-refractivity contribution < 1.29 is 0 Å². The Kier molecular flexibility index (Phi) is 4.56. The lowest BCUT2D eigenvalue weighted by Gasteiger charge is -2.40. The molecule has 2 heterocycles. The van der Waals surface area contributed by atoms with Gasteiger partial charge >= 0.3 is 0 Å². The van der Waals surface area contributed by atoms with Crippen LogP contribution in [0, 0.1) is 6.92 Å². The van der Waals surface area contributed by atoms with Gasteiger partial charge in [-0.25, -0.2) is 9.97 Å². The van der Waals surface area contributed by atoms with Gasteiger partial charge in [-0.15, -0.1) is 0 Å². The highest BCUT2D eigenvalue weighted by Gasteiger charge is 2.32. The third-order valence-electron chi connectivity index (χ3n) is 5.16. The van der Waals surface area contributed by atoms with E-state index in [0.717, 1.165) is 37.1 Å². The first-order valence-corrected chi connectivity index (χ1v) is 9.48. The van der Waals surface area contributed by atoms with E-state index in [0.29, 0.717) is 0 Å². The zero-order valence-electron chi connectivity index (χ0n) is 16.2. The van der Waals surface area contributed by atoms with Gasteiger partial charge in [0.05, 0.1) is 0 Å². The molecule has 0 saturated carbocycles. The van der Waals surface area contributed by atoms with Crippen LogP contribution in [0.2, 0.25) is 0 Å². The zero-order chi connectivity index (χ0) is 18.9. The van der Waals surface area contributed by atoms with Crippen LogP contribution in [-0.2, 0) is 18.5 Å². The summed E-state index contributed by atoms with van der Waals surface area (Å²) >= 11 is 0. The summed E-state index contributed by atoms with van der Waals surface area (Å²) in [6.07, 6.45) is 0. The van der Waals surface area contributed by atoms with Crippen LogP contribution in [0.5, 0.6) is 0 Å². The summed E-state index contributed by atoms with van der Waals surface area (Å²) in [5.74, 6) is 2.65. The fraction of sp³-hybridized carbons (Fsp3) is 0.304. The van der Waals surface area contributed by atoms with Crippen LogP contribution < -0.4 is 10.2 Å². The fourth-order valence-electron chi connectivity index (χ4n) is 3.90. The maximum atomic E-state index is 4.73. The first-order chi connectivity index (χ1) is 13.0. The molecular weight excluding hydrogens is 332 g/mol. The lowest BCUT2D eigenvalue weighted by Crippen LogP contribution is -2.42.